The standard InChI is InChI=1S/C22H21FN6O/c1-12-7-17(5-6-18(12)23)26-19-10-20(27-16-3-4-16)29-22(28-19)15(11-24-29)8-14-9-21(30)25-13(14)2/h5-8,10-11,16,27H,2-4,9H2,1H3,(H,25,30)(H,26,28)/b14-8+. The third-order valence-corrected chi connectivity index (χ3v) is 5.22. The molecule has 0 bridgehead atoms. The summed E-state index contributed by atoms with van der Waals surface area (Å²) in [6, 6.07) is 7.19. The van der Waals surface area contributed by atoms with Gasteiger partial charge in [0.2, 0.25) is 5.91 Å². The van der Waals surface area contributed by atoms with Crippen LogP contribution < -0.4 is 16.0 Å². The van der Waals surface area contributed by atoms with Crippen LogP contribution in [0.5, 0.6) is 0 Å². The Morgan fingerprint density at radius 1 is 1.33 bits per heavy atom. The largest absolute Gasteiger partial charge is 0.367 e. The van der Waals surface area contributed by atoms with E-state index in [4.69, 9.17) is 4.98 Å². The molecule has 2 aliphatic rings. The fourth-order valence-electron chi connectivity index (χ4n) is 3.45. The van der Waals surface area contributed by atoms with Gasteiger partial charge in [0.05, 0.1) is 12.6 Å². The van der Waals surface area contributed by atoms with Gasteiger partial charge in [-0.05, 0) is 55.2 Å². The van der Waals surface area contributed by atoms with Crippen molar-refractivity contribution in [1.82, 2.24) is 19.9 Å². The van der Waals surface area contributed by atoms with Gasteiger partial charge < -0.3 is 16.0 Å². The summed E-state index contributed by atoms with van der Waals surface area (Å²) in [5.74, 6) is 1.13. The Morgan fingerprint density at radius 3 is 2.87 bits per heavy atom. The molecule has 0 radical (unpaired) electrons. The van der Waals surface area contributed by atoms with Gasteiger partial charge in [-0.3, -0.25) is 4.79 Å². The minimum Gasteiger partial charge on any atom is -0.367 e. The van der Waals surface area contributed by atoms with E-state index in [1.807, 2.05) is 12.1 Å². The number of rotatable bonds is 5. The number of fused-ring (bicyclic) bond motifs is 1. The Kier molecular flexibility index (Phi) is 4.27. The Balaban J connectivity index is 1.57. The smallest absolute Gasteiger partial charge is 0.228 e. The number of nitrogens with zero attached hydrogens (tertiary/aromatic N) is 3. The molecule has 3 aromatic rings. The highest BCUT2D eigenvalue weighted by Crippen LogP contribution is 2.29. The van der Waals surface area contributed by atoms with Crippen molar-refractivity contribution < 1.29 is 9.18 Å². The summed E-state index contributed by atoms with van der Waals surface area (Å²) in [7, 11) is 0. The lowest BCUT2D eigenvalue weighted by atomic mass is 10.1. The normalized spacial score (nSPS) is 17.6. The molecule has 1 saturated carbocycles. The summed E-state index contributed by atoms with van der Waals surface area (Å²) in [5, 5.41) is 14.0. The molecule has 1 aliphatic heterocycles. The quantitative estimate of drug-likeness (QED) is 0.601. The lowest BCUT2D eigenvalue weighted by Crippen LogP contribution is -2.10. The van der Waals surface area contributed by atoms with Gasteiger partial charge in [0, 0.05) is 29.1 Å². The Bertz CT molecular complexity index is 1220. The maximum atomic E-state index is 13.6. The summed E-state index contributed by atoms with van der Waals surface area (Å²) in [4.78, 5) is 16.4. The van der Waals surface area contributed by atoms with Crippen molar-refractivity contribution in [3.8, 4) is 0 Å². The van der Waals surface area contributed by atoms with Crippen LogP contribution in [0.1, 0.15) is 30.4 Å². The molecule has 30 heavy (non-hydrogen) atoms. The maximum absolute atomic E-state index is 13.6. The van der Waals surface area contributed by atoms with Gasteiger partial charge in [-0.15, -0.1) is 0 Å². The van der Waals surface area contributed by atoms with Crippen molar-refractivity contribution >= 4 is 35.0 Å². The minimum atomic E-state index is -0.246. The number of amides is 1. The molecular formula is C22H21FN6O. The van der Waals surface area contributed by atoms with Crippen LogP contribution in [0, 0.1) is 12.7 Å². The molecule has 8 heteroatoms. The van der Waals surface area contributed by atoms with E-state index >= 15 is 0 Å². The highest BCUT2D eigenvalue weighted by atomic mass is 19.1. The van der Waals surface area contributed by atoms with Crippen molar-refractivity contribution in [2.24, 2.45) is 0 Å². The van der Waals surface area contributed by atoms with Gasteiger partial charge in [-0.1, -0.05) is 6.58 Å². The van der Waals surface area contributed by atoms with Crippen LogP contribution in [0.2, 0.25) is 0 Å². The first-order chi connectivity index (χ1) is 14.5. The van der Waals surface area contributed by atoms with Gasteiger partial charge >= 0.3 is 0 Å². The molecule has 0 unspecified atom stereocenters. The minimum absolute atomic E-state index is 0.0687. The zero-order chi connectivity index (χ0) is 20.8. The Morgan fingerprint density at radius 2 is 2.17 bits per heavy atom. The molecule has 3 N–H and O–H groups in total. The first-order valence-corrected chi connectivity index (χ1v) is 9.84. The number of aromatic nitrogens is 3. The third kappa shape index (κ3) is 3.52. The van der Waals surface area contributed by atoms with E-state index in [2.05, 4.69) is 27.6 Å². The number of anilines is 3. The first kappa shape index (κ1) is 18.4. The van der Waals surface area contributed by atoms with Crippen molar-refractivity contribution in [2.75, 3.05) is 10.6 Å². The second-order valence-electron chi connectivity index (χ2n) is 7.74. The molecule has 1 saturated heterocycles. The molecule has 0 spiro atoms. The summed E-state index contributed by atoms with van der Waals surface area (Å²) >= 11 is 0. The van der Waals surface area contributed by atoms with E-state index in [0.717, 1.165) is 35.5 Å². The molecule has 5 rings (SSSR count). The molecule has 3 heterocycles. The SMILES string of the molecule is C=C1NC(=O)C/C1=C\c1cnn2c(NC3CC3)cc(Nc3ccc(F)c(C)c3)nc12. The fraction of sp³-hybridized carbons (Fsp3) is 0.227. The van der Waals surface area contributed by atoms with Gasteiger partial charge in [0.15, 0.2) is 5.65 Å². The number of benzene rings is 1. The van der Waals surface area contributed by atoms with E-state index in [1.54, 1.807) is 29.8 Å². The predicted molar refractivity (Wildman–Crippen MR) is 114 cm³/mol. The maximum Gasteiger partial charge on any atom is 0.228 e. The first-order valence-electron chi connectivity index (χ1n) is 9.84. The molecule has 2 fully saturated rings. The molecule has 2 aromatic heterocycles. The zero-order valence-corrected chi connectivity index (χ0v) is 16.5. The van der Waals surface area contributed by atoms with Crippen LogP contribution in [-0.4, -0.2) is 26.5 Å². The summed E-state index contributed by atoms with van der Waals surface area (Å²) in [6.45, 7) is 5.62. The summed E-state index contributed by atoms with van der Waals surface area (Å²) in [5.41, 5.74) is 4.18. The molecular weight excluding hydrogens is 383 g/mol. The number of aryl methyl sites for hydroxylation is 1. The topological polar surface area (TPSA) is 83.4 Å². The van der Waals surface area contributed by atoms with Crippen molar-refractivity contribution in [1.29, 1.82) is 0 Å². The van der Waals surface area contributed by atoms with Crippen LogP contribution in [0.4, 0.5) is 21.7 Å². The van der Waals surface area contributed by atoms with E-state index in [-0.39, 0.29) is 18.1 Å². The number of carbonyl (C=O) groups is 1. The number of carbonyl (C=O) groups excluding carboxylic acids is 1. The van der Waals surface area contributed by atoms with E-state index in [1.165, 1.54) is 6.07 Å². The molecule has 1 aliphatic carbocycles. The predicted octanol–water partition coefficient (Wildman–Crippen LogP) is 3.91. The molecule has 7 nitrogen and oxygen atoms in total. The van der Waals surface area contributed by atoms with E-state index in [0.29, 0.717) is 28.8 Å². The number of hydrogen-bond acceptors (Lipinski definition) is 5. The monoisotopic (exact) mass is 404 g/mol. The summed E-state index contributed by atoms with van der Waals surface area (Å²) < 4.78 is 15.4. The Hall–Kier alpha value is -3.68. The van der Waals surface area contributed by atoms with Gasteiger partial charge in [-0.2, -0.15) is 9.61 Å². The van der Waals surface area contributed by atoms with Crippen LogP contribution in [-0.2, 0) is 4.79 Å². The molecule has 152 valence electrons. The third-order valence-electron chi connectivity index (χ3n) is 5.22. The van der Waals surface area contributed by atoms with Crippen molar-refractivity contribution in [3.05, 3.63) is 65.3 Å². The number of halogens is 1. The van der Waals surface area contributed by atoms with Crippen LogP contribution in [0.25, 0.3) is 11.7 Å². The second-order valence-corrected chi connectivity index (χ2v) is 7.74. The van der Waals surface area contributed by atoms with Crippen LogP contribution in [0.3, 0.4) is 0 Å². The average molecular weight is 404 g/mol. The van der Waals surface area contributed by atoms with Crippen LogP contribution in [0.15, 0.2) is 48.3 Å². The molecule has 0 atom stereocenters. The zero-order valence-electron chi connectivity index (χ0n) is 16.5. The van der Waals surface area contributed by atoms with Gasteiger partial charge in [0.1, 0.15) is 17.5 Å². The second kappa shape index (κ2) is 6.98. The average Bonchev–Trinajstić information content (AvgIpc) is 3.34. The summed E-state index contributed by atoms with van der Waals surface area (Å²) in [6.07, 6.45) is 6.15. The number of hydrogen-bond donors (Lipinski definition) is 3. The highest BCUT2D eigenvalue weighted by molar-refractivity contribution is 5.89. The van der Waals surface area contributed by atoms with E-state index in [9.17, 15) is 9.18 Å². The fourth-order valence-corrected chi connectivity index (χ4v) is 3.45. The lowest BCUT2D eigenvalue weighted by Gasteiger charge is -2.12. The number of allylic oxidation sites excluding steroid dienone is 1. The van der Waals surface area contributed by atoms with Crippen LogP contribution >= 0.6 is 0 Å². The highest BCUT2D eigenvalue weighted by Gasteiger charge is 2.24. The molecule has 1 aromatic carbocycles. The lowest BCUT2D eigenvalue weighted by molar-refractivity contribution is -0.118. The van der Waals surface area contributed by atoms with Gasteiger partial charge in [-0.25, -0.2) is 9.37 Å². The van der Waals surface area contributed by atoms with E-state index < -0.39 is 0 Å². The Labute approximate surface area is 172 Å². The van der Waals surface area contributed by atoms with Crippen molar-refractivity contribution in [3.63, 3.8) is 0 Å². The van der Waals surface area contributed by atoms with Gasteiger partial charge in [0.25, 0.3) is 0 Å². The molecule has 1 amide bonds. The van der Waals surface area contributed by atoms with Crippen molar-refractivity contribution in [2.45, 2.75) is 32.2 Å². The number of nitrogens with one attached hydrogen (secondary N) is 3.